The van der Waals surface area contributed by atoms with E-state index in [9.17, 15) is 0 Å². The zero-order valence-electron chi connectivity index (χ0n) is 12.2. The van der Waals surface area contributed by atoms with Crippen LogP contribution in [0.4, 0.5) is 11.5 Å². The molecule has 21 heavy (non-hydrogen) atoms. The molecule has 106 valence electrons. The maximum absolute atomic E-state index is 4.37. The van der Waals surface area contributed by atoms with Crippen molar-refractivity contribution in [1.29, 1.82) is 0 Å². The number of aryl methyl sites for hydroxylation is 3. The summed E-state index contributed by atoms with van der Waals surface area (Å²) in [5.41, 5.74) is 7.67. The van der Waals surface area contributed by atoms with Gasteiger partial charge in [0.05, 0.1) is 11.1 Å². The van der Waals surface area contributed by atoms with Crippen molar-refractivity contribution in [3.8, 4) is 0 Å². The molecule has 0 saturated heterocycles. The number of aromatic amines is 1. The van der Waals surface area contributed by atoms with Gasteiger partial charge in [-0.15, -0.1) is 5.11 Å². The van der Waals surface area contributed by atoms with Crippen LogP contribution in [0.5, 0.6) is 0 Å². The number of benzene rings is 1. The second kappa shape index (κ2) is 5.32. The fourth-order valence-corrected chi connectivity index (χ4v) is 2.19. The lowest BCUT2D eigenvalue weighted by molar-refractivity contribution is 1.04. The van der Waals surface area contributed by atoms with Gasteiger partial charge in [-0.05, 0) is 44.5 Å². The van der Waals surface area contributed by atoms with Gasteiger partial charge in [-0.2, -0.15) is 5.10 Å². The van der Waals surface area contributed by atoms with Gasteiger partial charge in [0.15, 0.2) is 11.5 Å². The number of fused-ring (bicyclic) bond motifs is 1. The summed E-state index contributed by atoms with van der Waals surface area (Å²) in [5.74, 6) is 0.606. The van der Waals surface area contributed by atoms with Crippen LogP contribution in [-0.4, -0.2) is 15.2 Å². The highest BCUT2D eigenvalue weighted by Gasteiger charge is 2.09. The SMILES string of the molecule is Cc1ccc(N/N=N/c2[nH]nc3nc(C)cc(C)c23)cc1. The fraction of sp³-hybridized carbons (Fsp3) is 0.200. The van der Waals surface area contributed by atoms with Crippen molar-refractivity contribution in [2.75, 3.05) is 5.43 Å². The molecule has 0 saturated carbocycles. The van der Waals surface area contributed by atoms with E-state index in [1.165, 1.54) is 5.56 Å². The first-order valence-corrected chi connectivity index (χ1v) is 6.69. The molecule has 3 rings (SSSR count). The largest absolute Gasteiger partial charge is 0.260 e. The lowest BCUT2D eigenvalue weighted by Crippen LogP contribution is -1.86. The van der Waals surface area contributed by atoms with Crippen LogP contribution in [0.15, 0.2) is 40.7 Å². The van der Waals surface area contributed by atoms with E-state index < -0.39 is 0 Å². The Bertz CT molecular complexity index is 801. The van der Waals surface area contributed by atoms with Crippen molar-refractivity contribution in [1.82, 2.24) is 15.2 Å². The Kier molecular flexibility index (Phi) is 3.35. The first-order chi connectivity index (χ1) is 10.1. The average molecular weight is 280 g/mol. The van der Waals surface area contributed by atoms with Crippen molar-refractivity contribution in [3.05, 3.63) is 47.2 Å². The summed E-state index contributed by atoms with van der Waals surface area (Å²) in [6.07, 6.45) is 0. The minimum absolute atomic E-state index is 0.606. The summed E-state index contributed by atoms with van der Waals surface area (Å²) in [7, 11) is 0. The maximum atomic E-state index is 4.37. The third kappa shape index (κ3) is 2.74. The van der Waals surface area contributed by atoms with Crippen LogP contribution in [-0.2, 0) is 0 Å². The predicted molar refractivity (Wildman–Crippen MR) is 82.7 cm³/mol. The Hall–Kier alpha value is -2.76. The predicted octanol–water partition coefficient (Wildman–Crippen LogP) is 3.99. The Morgan fingerprint density at radius 2 is 1.86 bits per heavy atom. The molecule has 3 aromatic rings. The molecule has 0 bridgehead atoms. The maximum Gasteiger partial charge on any atom is 0.183 e. The number of anilines is 1. The molecule has 2 heterocycles. The highest BCUT2D eigenvalue weighted by molar-refractivity contribution is 5.88. The van der Waals surface area contributed by atoms with E-state index in [1.807, 2.05) is 51.1 Å². The van der Waals surface area contributed by atoms with E-state index in [0.717, 1.165) is 22.3 Å². The Labute approximate surface area is 122 Å². The molecule has 2 aromatic heterocycles. The van der Waals surface area contributed by atoms with Gasteiger partial charge < -0.3 is 0 Å². The van der Waals surface area contributed by atoms with Crippen LogP contribution in [0.3, 0.4) is 0 Å². The summed E-state index contributed by atoms with van der Waals surface area (Å²) < 4.78 is 0. The van der Waals surface area contributed by atoms with Crippen molar-refractivity contribution >= 4 is 22.5 Å². The Balaban J connectivity index is 1.84. The molecule has 2 N–H and O–H groups in total. The molecule has 1 aromatic carbocycles. The smallest absolute Gasteiger partial charge is 0.183 e. The molecule has 6 heteroatoms. The molecule has 0 radical (unpaired) electrons. The Morgan fingerprint density at radius 1 is 1.10 bits per heavy atom. The minimum Gasteiger partial charge on any atom is -0.260 e. The van der Waals surface area contributed by atoms with Crippen LogP contribution >= 0.6 is 0 Å². The summed E-state index contributed by atoms with van der Waals surface area (Å²) in [4.78, 5) is 4.37. The van der Waals surface area contributed by atoms with Gasteiger partial charge in [-0.1, -0.05) is 22.9 Å². The second-order valence-electron chi connectivity index (χ2n) is 5.03. The van der Waals surface area contributed by atoms with Gasteiger partial charge >= 0.3 is 0 Å². The lowest BCUT2D eigenvalue weighted by atomic mass is 10.2. The summed E-state index contributed by atoms with van der Waals surface area (Å²) in [6, 6.07) is 9.94. The van der Waals surface area contributed by atoms with Gasteiger partial charge in [0, 0.05) is 5.69 Å². The van der Waals surface area contributed by atoms with Crippen LogP contribution in [0.25, 0.3) is 11.0 Å². The van der Waals surface area contributed by atoms with Crippen LogP contribution in [0.2, 0.25) is 0 Å². The number of nitrogens with one attached hydrogen (secondary N) is 2. The molecular weight excluding hydrogens is 264 g/mol. The van der Waals surface area contributed by atoms with Gasteiger partial charge in [0.1, 0.15) is 0 Å². The molecule has 0 aliphatic carbocycles. The third-order valence-corrected chi connectivity index (χ3v) is 3.21. The Morgan fingerprint density at radius 3 is 2.62 bits per heavy atom. The molecule has 0 aliphatic rings. The number of H-pyrrole nitrogens is 1. The van der Waals surface area contributed by atoms with E-state index >= 15 is 0 Å². The normalized spacial score (nSPS) is 11.4. The van der Waals surface area contributed by atoms with Crippen molar-refractivity contribution in [2.24, 2.45) is 10.3 Å². The first-order valence-electron chi connectivity index (χ1n) is 6.69. The summed E-state index contributed by atoms with van der Waals surface area (Å²) in [6.45, 7) is 6.00. The summed E-state index contributed by atoms with van der Waals surface area (Å²) in [5, 5.41) is 16.1. The van der Waals surface area contributed by atoms with E-state index in [2.05, 4.69) is 30.9 Å². The molecule has 0 spiro atoms. The zero-order chi connectivity index (χ0) is 14.8. The highest BCUT2D eigenvalue weighted by Crippen LogP contribution is 2.26. The van der Waals surface area contributed by atoms with E-state index in [0.29, 0.717) is 11.5 Å². The van der Waals surface area contributed by atoms with Gasteiger partial charge in [-0.3, -0.25) is 10.5 Å². The fourth-order valence-electron chi connectivity index (χ4n) is 2.19. The monoisotopic (exact) mass is 280 g/mol. The molecule has 0 aliphatic heterocycles. The molecule has 0 amide bonds. The summed E-state index contributed by atoms with van der Waals surface area (Å²) >= 11 is 0. The number of hydrogen-bond donors (Lipinski definition) is 2. The molecule has 0 unspecified atom stereocenters. The number of rotatable bonds is 3. The standard InChI is InChI=1S/C15H16N6/c1-9-4-6-12(7-5-9)17-21-20-15-13-10(2)8-11(3)16-14(13)18-19-15/h4-8H,1-3H3,(H2,16,17,18,19,20). The van der Waals surface area contributed by atoms with Gasteiger partial charge in [-0.25, -0.2) is 4.98 Å². The van der Waals surface area contributed by atoms with Gasteiger partial charge in [0.25, 0.3) is 0 Å². The number of pyridine rings is 1. The third-order valence-electron chi connectivity index (χ3n) is 3.21. The van der Waals surface area contributed by atoms with Crippen LogP contribution < -0.4 is 5.43 Å². The minimum atomic E-state index is 0.606. The van der Waals surface area contributed by atoms with E-state index in [4.69, 9.17) is 0 Å². The van der Waals surface area contributed by atoms with Crippen molar-refractivity contribution < 1.29 is 0 Å². The van der Waals surface area contributed by atoms with Gasteiger partial charge in [0.2, 0.25) is 0 Å². The average Bonchev–Trinajstić information content (AvgIpc) is 2.84. The van der Waals surface area contributed by atoms with Crippen LogP contribution in [0.1, 0.15) is 16.8 Å². The lowest BCUT2D eigenvalue weighted by Gasteiger charge is -1.99. The quantitative estimate of drug-likeness (QED) is 0.562. The molecule has 6 nitrogen and oxygen atoms in total. The van der Waals surface area contributed by atoms with Crippen molar-refractivity contribution in [3.63, 3.8) is 0 Å². The van der Waals surface area contributed by atoms with Crippen LogP contribution in [0, 0.1) is 20.8 Å². The van der Waals surface area contributed by atoms with E-state index in [-0.39, 0.29) is 0 Å². The molecular formula is C15H16N6. The zero-order valence-corrected chi connectivity index (χ0v) is 12.2. The topological polar surface area (TPSA) is 78.3 Å². The number of hydrogen-bond acceptors (Lipinski definition) is 4. The number of nitrogens with zero attached hydrogens (tertiary/aromatic N) is 4. The highest BCUT2D eigenvalue weighted by atomic mass is 15.4. The molecule has 0 fully saturated rings. The van der Waals surface area contributed by atoms with Crippen molar-refractivity contribution in [2.45, 2.75) is 20.8 Å². The first kappa shape index (κ1) is 13.2. The molecule has 0 atom stereocenters. The second-order valence-corrected chi connectivity index (χ2v) is 5.03. The number of aromatic nitrogens is 3. The van der Waals surface area contributed by atoms with E-state index in [1.54, 1.807) is 0 Å².